The molecule has 1 atom stereocenters. The number of para-hydroxylation sites is 1. The molecule has 1 heterocycles. The Morgan fingerprint density at radius 1 is 0.974 bits per heavy atom. The van der Waals surface area contributed by atoms with Gasteiger partial charge in [-0.1, -0.05) is 36.4 Å². The summed E-state index contributed by atoms with van der Waals surface area (Å²) in [5.74, 6) is -1.39. The molecule has 0 saturated carbocycles. The fourth-order valence-electron chi connectivity index (χ4n) is 4.51. The van der Waals surface area contributed by atoms with Crippen LogP contribution in [0.3, 0.4) is 0 Å². The lowest BCUT2D eigenvalue weighted by Crippen LogP contribution is -2.52. The summed E-state index contributed by atoms with van der Waals surface area (Å²) in [7, 11) is 0. The van der Waals surface area contributed by atoms with Gasteiger partial charge in [0, 0.05) is 29.2 Å². The molecule has 0 aliphatic rings. The molecule has 0 radical (unpaired) electrons. The number of fused-ring (bicyclic) bond motifs is 1. The van der Waals surface area contributed by atoms with Crippen LogP contribution in [0.1, 0.15) is 36.1 Å². The predicted molar refractivity (Wildman–Crippen MR) is 151 cm³/mol. The molecular formula is C31H33N3O5. The van der Waals surface area contributed by atoms with Gasteiger partial charge in [0.1, 0.15) is 11.8 Å². The topological polar surface area (TPSA) is 121 Å². The second-order valence-electron chi connectivity index (χ2n) is 10.3. The number of aromatic amines is 1. The van der Waals surface area contributed by atoms with Gasteiger partial charge >= 0.3 is 5.97 Å². The SMILES string of the molecule is Cc1cc(C)cc(NC(=O)Cc2ccc(OC(C)(C)C(=O)NC(Cc3c[nH]c4ccccc34)C(=O)O)cc2)c1. The first-order valence-electron chi connectivity index (χ1n) is 12.7. The van der Waals surface area contributed by atoms with E-state index in [-0.39, 0.29) is 18.7 Å². The van der Waals surface area contributed by atoms with Gasteiger partial charge in [0.25, 0.3) is 5.91 Å². The van der Waals surface area contributed by atoms with Crippen molar-refractivity contribution in [3.05, 3.63) is 95.2 Å². The van der Waals surface area contributed by atoms with Crippen molar-refractivity contribution in [1.82, 2.24) is 10.3 Å². The second kappa shape index (κ2) is 11.4. The number of aromatic nitrogens is 1. The molecule has 0 fully saturated rings. The number of carbonyl (C=O) groups is 3. The first-order valence-corrected chi connectivity index (χ1v) is 12.7. The summed E-state index contributed by atoms with van der Waals surface area (Å²) in [6.07, 6.45) is 2.07. The van der Waals surface area contributed by atoms with Gasteiger partial charge < -0.3 is 25.5 Å². The van der Waals surface area contributed by atoms with Crippen molar-refractivity contribution < 1.29 is 24.2 Å². The number of carbonyl (C=O) groups excluding carboxylic acids is 2. The van der Waals surface area contributed by atoms with Crippen molar-refractivity contribution in [3.63, 3.8) is 0 Å². The van der Waals surface area contributed by atoms with Crippen LogP contribution in [-0.4, -0.2) is 39.5 Å². The fourth-order valence-corrected chi connectivity index (χ4v) is 4.51. The Labute approximate surface area is 227 Å². The van der Waals surface area contributed by atoms with Gasteiger partial charge in [-0.15, -0.1) is 0 Å². The fraction of sp³-hybridized carbons (Fsp3) is 0.258. The van der Waals surface area contributed by atoms with Crippen LogP contribution in [0.5, 0.6) is 5.75 Å². The van der Waals surface area contributed by atoms with E-state index in [1.54, 1.807) is 44.3 Å². The minimum Gasteiger partial charge on any atom is -0.480 e. The van der Waals surface area contributed by atoms with Crippen LogP contribution >= 0.6 is 0 Å². The Balaban J connectivity index is 1.35. The number of ether oxygens (including phenoxy) is 1. The van der Waals surface area contributed by atoms with E-state index in [0.717, 1.165) is 38.8 Å². The summed E-state index contributed by atoms with van der Waals surface area (Å²) in [6, 6.07) is 19.3. The zero-order chi connectivity index (χ0) is 28.2. The van der Waals surface area contributed by atoms with E-state index >= 15 is 0 Å². The van der Waals surface area contributed by atoms with Crippen molar-refractivity contribution in [1.29, 1.82) is 0 Å². The first-order chi connectivity index (χ1) is 18.5. The molecule has 4 rings (SSSR count). The van der Waals surface area contributed by atoms with Crippen molar-refractivity contribution in [2.45, 2.75) is 52.2 Å². The summed E-state index contributed by atoms with van der Waals surface area (Å²) in [5.41, 5.74) is 4.06. The molecular weight excluding hydrogens is 494 g/mol. The van der Waals surface area contributed by atoms with Crippen LogP contribution in [0.25, 0.3) is 10.9 Å². The Kier molecular flexibility index (Phi) is 8.04. The molecule has 0 aliphatic heterocycles. The lowest BCUT2D eigenvalue weighted by atomic mass is 10.0. The molecule has 0 aliphatic carbocycles. The number of anilines is 1. The molecule has 0 saturated heterocycles. The third-order valence-corrected chi connectivity index (χ3v) is 6.42. The van der Waals surface area contributed by atoms with E-state index in [9.17, 15) is 19.5 Å². The second-order valence-corrected chi connectivity index (χ2v) is 10.3. The van der Waals surface area contributed by atoms with Crippen molar-refractivity contribution in [3.8, 4) is 5.75 Å². The van der Waals surface area contributed by atoms with Crippen LogP contribution in [0.2, 0.25) is 0 Å². The third-order valence-electron chi connectivity index (χ3n) is 6.42. The minimum absolute atomic E-state index is 0.125. The standard InChI is InChI=1S/C31H33N3O5/c1-19-13-20(2)15-23(14-19)33-28(35)16-21-9-11-24(12-10-21)39-31(3,4)30(38)34-27(29(36)37)17-22-18-32-26-8-6-5-7-25(22)26/h5-15,18,27,32H,16-17H2,1-4H3,(H,33,35)(H,34,38)(H,36,37). The first kappa shape index (κ1) is 27.4. The van der Waals surface area contributed by atoms with Crippen molar-refractivity contribution in [2.24, 2.45) is 0 Å². The minimum atomic E-state index is -1.34. The molecule has 1 unspecified atom stereocenters. The van der Waals surface area contributed by atoms with Gasteiger partial charge in [0.2, 0.25) is 5.91 Å². The molecule has 2 amide bonds. The average Bonchev–Trinajstić information content (AvgIpc) is 3.26. The molecule has 1 aromatic heterocycles. The highest BCUT2D eigenvalue weighted by molar-refractivity contribution is 5.92. The normalized spacial score (nSPS) is 12.1. The van der Waals surface area contributed by atoms with Gasteiger partial charge in [-0.3, -0.25) is 9.59 Å². The van der Waals surface area contributed by atoms with E-state index in [1.165, 1.54) is 0 Å². The van der Waals surface area contributed by atoms with Crippen LogP contribution in [0, 0.1) is 13.8 Å². The molecule has 0 spiro atoms. The molecule has 8 nitrogen and oxygen atoms in total. The highest BCUT2D eigenvalue weighted by atomic mass is 16.5. The Bertz CT molecular complexity index is 1480. The number of H-pyrrole nitrogens is 1. The molecule has 39 heavy (non-hydrogen) atoms. The molecule has 3 aromatic carbocycles. The number of carboxylic acid groups (broad SMARTS) is 1. The summed E-state index contributed by atoms with van der Waals surface area (Å²) >= 11 is 0. The summed E-state index contributed by atoms with van der Waals surface area (Å²) in [4.78, 5) is 40.6. The largest absolute Gasteiger partial charge is 0.480 e. The molecule has 4 aromatic rings. The number of aliphatic carboxylic acids is 1. The predicted octanol–water partition coefficient (Wildman–Crippen LogP) is 4.94. The number of aryl methyl sites for hydroxylation is 2. The number of hydrogen-bond donors (Lipinski definition) is 4. The summed E-state index contributed by atoms with van der Waals surface area (Å²) < 4.78 is 5.92. The summed E-state index contributed by atoms with van der Waals surface area (Å²) in [5, 5.41) is 16.2. The number of benzene rings is 3. The average molecular weight is 528 g/mol. The third kappa shape index (κ3) is 7.04. The maximum Gasteiger partial charge on any atom is 0.326 e. The molecule has 0 bridgehead atoms. The van der Waals surface area contributed by atoms with E-state index in [2.05, 4.69) is 15.6 Å². The van der Waals surface area contributed by atoms with Gasteiger partial charge in [-0.25, -0.2) is 4.79 Å². The van der Waals surface area contributed by atoms with E-state index in [0.29, 0.717) is 5.75 Å². The van der Waals surface area contributed by atoms with Gasteiger partial charge in [-0.2, -0.15) is 0 Å². The van der Waals surface area contributed by atoms with E-state index < -0.39 is 23.5 Å². The monoisotopic (exact) mass is 527 g/mol. The highest BCUT2D eigenvalue weighted by Crippen LogP contribution is 2.22. The lowest BCUT2D eigenvalue weighted by Gasteiger charge is -2.27. The zero-order valence-corrected chi connectivity index (χ0v) is 22.5. The molecule has 202 valence electrons. The Morgan fingerprint density at radius 2 is 1.64 bits per heavy atom. The highest BCUT2D eigenvalue weighted by Gasteiger charge is 2.33. The van der Waals surface area contributed by atoms with Gasteiger partial charge in [0.15, 0.2) is 5.60 Å². The van der Waals surface area contributed by atoms with E-state index in [1.807, 2.05) is 56.3 Å². The Hall–Kier alpha value is -4.59. The van der Waals surface area contributed by atoms with Crippen molar-refractivity contribution >= 4 is 34.4 Å². The van der Waals surface area contributed by atoms with Crippen LogP contribution < -0.4 is 15.4 Å². The smallest absolute Gasteiger partial charge is 0.326 e. The Morgan fingerprint density at radius 3 is 2.31 bits per heavy atom. The maximum atomic E-state index is 13.0. The molecule has 4 N–H and O–H groups in total. The lowest BCUT2D eigenvalue weighted by molar-refractivity contribution is -0.144. The molecule has 8 heteroatoms. The van der Waals surface area contributed by atoms with Gasteiger partial charge in [-0.05, 0) is 80.3 Å². The van der Waals surface area contributed by atoms with Crippen LogP contribution in [0.4, 0.5) is 5.69 Å². The van der Waals surface area contributed by atoms with Crippen LogP contribution in [-0.2, 0) is 27.2 Å². The number of hydrogen-bond acceptors (Lipinski definition) is 4. The number of amides is 2. The number of rotatable bonds is 10. The summed E-state index contributed by atoms with van der Waals surface area (Å²) in [6.45, 7) is 7.12. The zero-order valence-electron chi connectivity index (χ0n) is 22.5. The number of carboxylic acids is 1. The van der Waals surface area contributed by atoms with Crippen LogP contribution in [0.15, 0.2) is 72.9 Å². The van der Waals surface area contributed by atoms with Crippen molar-refractivity contribution in [2.75, 3.05) is 5.32 Å². The van der Waals surface area contributed by atoms with E-state index in [4.69, 9.17) is 4.74 Å². The maximum absolute atomic E-state index is 13.0. The quantitative estimate of drug-likeness (QED) is 0.233. The number of nitrogens with one attached hydrogen (secondary N) is 3. The van der Waals surface area contributed by atoms with Gasteiger partial charge in [0.05, 0.1) is 6.42 Å².